The van der Waals surface area contributed by atoms with Crippen molar-refractivity contribution < 1.29 is 38.7 Å². The van der Waals surface area contributed by atoms with Crippen LogP contribution in [0.4, 0.5) is 0 Å². The Hall–Kier alpha value is -1.71. The zero-order chi connectivity index (χ0) is 21.7. The molecule has 3 aliphatic rings. The summed E-state index contributed by atoms with van der Waals surface area (Å²) in [4.78, 5) is 12.2. The van der Waals surface area contributed by atoms with Crippen molar-refractivity contribution in [2.45, 2.75) is 63.3 Å². The van der Waals surface area contributed by atoms with Crippen molar-refractivity contribution in [3.63, 3.8) is 0 Å². The monoisotopic (exact) mass is 422 g/mol. The van der Waals surface area contributed by atoms with E-state index in [0.29, 0.717) is 24.8 Å². The number of aliphatic hydroxyl groups excluding tert-OH is 3. The zero-order valence-electron chi connectivity index (χ0n) is 17.5. The standard InChI is InChI=1S/C22H30O8/c1-12-18(25)19(26)22(30-13(2)24)15(10-23)5-4-6-17(22)21(12)9-16(29-20(21)27-3)14-7-8-28-11-14/h5,7-8,11-12,16-20,23,25-26H,4,6,9-10H2,1-3H3/t12-,16-,17-,18+,19-,20-,21-,22-/m1/s1. The van der Waals surface area contributed by atoms with E-state index in [2.05, 4.69) is 0 Å². The molecule has 1 spiro atoms. The number of ether oxygens (including phenoxy) is 3. The number of esters is 1. The lowest BCUT2D eigenvalue weighted by molar-refractivity contribution is -0.283. The van der Waals surface area contributed by atoms with E-state index in [-0.39, 0.29) is 12.7 Å². The first kappa shape index (κ1) is 21.5. The average Bonchev–Trinajstić information content (AvgIpc) is 3.38. The first-order valence-corrected chi connectivity index (χ1v) is 10.4. The number of methoxy groups -OCH3 is 1. The third-order valence-electron chi connectivity index (χ3n) is 7.51. The van der Waals surface area contributed by atoms with Gasteiger partial charge in [0.1, 0.15) is 6.10 Å². The summed E-state index contributed by atoms with van der Waals surface area (Å²) in [7, 11) is 1.55. The van der Waals surface area contributed by atoms with Crippen molar-refractivity contribution in [1.29, 1.82) is 0 Å². The number of carbonyl (C=O) groups excluding carboxylic acids is 1. The quantitative estimate of drug-likeness (QED) is 0.496. The Morgan fingerprint density at radius 1 is 1.37 bits per heavy atom. The molecule has 2 fully saturated rings. The van der Waals surface area contributed by atoms with Crippen LogP contribution in [0.25, 0.3) is 0 Å². The van der Waals surface area contributed by atoms with Gasteiger partial charge in [-0.05, 0) is 36.8 Å². The second-order valence-electron chi connectivity index (χ2n) is 8.69. The van der Waals surface area contributed by atoms with Crippen molar-refractivity contribution in [2.24, 2.45) is 17.3 Å². The molecule has 30 heavy (non-hydrogen) atoms. The molecule has 1 saturated heterocycles. The second kappa shape index (κ2) is 7.76. The molecule has 8 nitrogen and oxygen atoms in total. The lowest BCUT2D eigenvalue weighted by Crippen LogP contribution is -2.72. The first-order valence-electron chi connectivity index (χ1n) is 10.4. The van der Waals surface area contributed by atoms with Crippen molar-refractivity contribution in [3.05, 3.63) is 35.8 Å². The first-order chi connectivity index (χ1) is 14.3. The Labute approximate surface area is 175 Å². The van der Waals surface area contributed by atoms with Crippen LogP contribution < -0.4 is 0 Å². The zero-order valence-corrected chi connectivity index (χ0v) is 17.5. The molecule has 1 aliphatic heterocycles. The number of hydrogen-bond donors (Lipinski definition) is 3. The van der Waals surface area contributed by atoms with Crippen LogP contribution in [0.2, 0.25) is 0 Å². The number of carbonyl (C=O) groups is 1. The Kier molecular flexibility index (Phi) is 5.57. The summed E-state index contributed by atoms with van der Waals surface area (Å²) in [5.74, 6) is -1.42. The van der Waals surface area contributed by atoms with Crippen LogP contribution in [0.3, 0.4) is 0 Å². The van der Waals surface area contributed by atoms with Gasteiger partial charge >= 0.3 is 5.97 Å². The Bertz CT molecular complexity index is 804. The van der Waals surface area contributed by atoms with E-state index in [1.54, 1.807) is 25.7 Å². The molecule has 8 heteroatoms. The van der Waals surface area contributed by atoms with Crippen molar-refractivity contribution in [3.8, 4) is 0 Å². The third kappa shape index (κ3) is 2.81. The summed E-state index contributed by atoms with van der Waals surface area (Å²) in [5, 5.41) is 32.5. The Morgan fingerprint density at radius 2 is 2.13 bits per heavy atom. The molecule has 4 rings (SSSR count). The molecule has 2 heterocycles. The van der Waals surface area contributed by atoms with E-state index < -0.39 is 47.3 Å². The minimum absolute atomic E-state index is 0.336. The molecular weight excluding hydrogens is 392 g/mol. The maximum atomic E-state index is 12.2. The summed E-state index contributed by atoms with van der Waals surface area (Å²) >= 11 is 0. The van der Waals surface area contributed by atoms with Gasteiger partial charge in [-0.1, -0.05) is 13.0 Å². The molecule has 0 radical (unpaired) electrons. The SMILES string of the molecule is CO[C@@H]1O[C@@H](c2ccoc2)C[C@]12[C@H](C)[C@H](O)[C@@H](O)[C@@]1(OC(C)=O)C(CO)=CCC[C@@H]12. The second-order valence-corrected chi connectivity index (χ2v) is 8.69. The van der Waals surface area contributed by atoms with Gasteiger partial charge in [-0.15, -0.1) is 0 Å². The van der Waals surface area contributed by atoms with Crippen molar-refractivity contribution in [1.82, 2.24) is 0 Å². The predicted molar refractivity (Wildman–Crippen MR) is 104 cm³/mol. The molecule has 0 unspecified atom stereocenters. The van der Waals surface area contributed by atoms with E-state index in [0.717, 1.165) is 5.56 Å². The molecule has 1 saturated carbocycles. The van der Waals surface area contributed by atoms with Crippen LogP contribution in [0.15, 0.2) is 34.7 Å². The van der Waals surface area contributed by atoms with Gasteiger partial charge in [0.05, 0.1) is 31.3 Å². The summed E-state index contributed by atoms with van der Waals surface area (Å²) in [5.41, 5.74) is -1.04. The topological polar surface area (TPSA) is 119 Å². The maximum absolute atomic E-state index is 12.2. The molecule has 0 aromatic carbocycles. The minimum Gasteiger partial charge on any atom is -0.472 e. The number of fused-ring (bicyclic) bond motifs is 2. The lowest BCUT2D eigenvalue weighted by atomic mass is 9.48. The molecular formula is C22H30O8. The highest BCUT2D eigenvalue weighted by atomic mass is 16.7. The fourth-order valence-electron chi connectivity index (χ4n) is 6.25. The number of hydrogen-bond acceptors (Lipinski definition) is 8. The van der Waals surface area contributed by atoms with E-state index in [4.69, 9.17) is 18.6 Å². The van der Waals surface area contributed by atoms with Crippen LogP contribution in [0, 0.1) is 17.3 Å². The molecule has 2 aliphatic carbocycles. The normalized spacial score (nSPS) is 43.3. The molecule has 1 aromatic heterocycles. The lowest BCUT2D eigenvalue weighted by Gasteiger charge is -2.61. The average molecular weight is 422 g/mol. The van der Waals surface area contributed by atoms with Crippen LogP contribution >= 0.6 is 0 Å². The molecule has 3 N–H and O–H groups in total. The van der Waals surface area contributed by atoms with Crippen molar-refractivity contribution in [2.75, 3.05) is 13.7 Å². The van der Waals surface area contributed by atoms with Gasteiger partial charge in [-0.3, -0.25) is 4.79 Å². The number of furan rings is 1. The van der Waals surface area contributed by atoms with E-state index in [9.17, 15) is 20.1 Å². The summed E-state index contributed by atoms with van der Waals surface area (Å²) in [6.07, 6.45) is 3.09. The van der Waals surface area contributed by atoms with Crippen molar-refractivity contribution >= 4 is 5.97 Å². The smallest absolute Gasteiger partial charge is 0.303 e. The van der Waals surface area contributed by atoms with Crippen LogP contribution in [-0.2, 0) is 19.0 Å². The Balaban J connectivity index is 1.89. The van der Waals surface area contributed by atoms with Gasteiger partial charge in [0.2, 0.25) is 0 Å². The van der Waals surface area contributed by atoms with Gasteiger partial charge < -0.3 is 33.9 Å². The molecule has 0 bridgehead atoms. The minimum atomic E-state index is -1.55. The fourth-order valence-corrected chi connectivity index (χ4v) is 6.25. The van der Waals surface area contributed by atoms with Gasteiger partial charge in [0.25, 0.3) is 0 Å². The highest BCUT2D eigenvalue weighted by Crippen LogP contribution is 2.65. The van der Waals surface area contributed by atoms with Gasteiger partial charge in [-0.2, -0.15) is 0 Å². The molecule has 8 atom stereocenters. The van der Waals surface area contributed by atoms with Gasteiger partial charge in [0.15, 0.2) is 11.9 Å². The van der Waals surface area contributed by atoms with Crippen LogP contribution in [0.1, 0.15) is 44.8 Å². The number of aliphatic hydroxyl groups is 3. The molecule has 0 amide bonds. The van der Waals surface area contributed by atoms with E-state index in [1.807, 2.05) is 13.0 Å². The highest BCUT2D eigenvalue weighted by molar-refractivity contribution is 5.67. The van der Waals surface area contributed by atoms with Crippen LogP contribution in [-0.4, -0.2) is 59.1 Å². The predicted octanol–water partition coefficient (Wildman–Crippen LogP) is 1.70. The number of rotatable bonds is 4. The van der Waals surface area contributed by atoms with E-state index in [1.165, 1.54) is 6.92 Å². The summed E-state index contributed by atoms with van der Waals surface area (Å²) < 4.78 is 23.1. The summed E-state index contributed by atoms with van der Waals surface area (Å²) in [6, 6.07) is 1.83. The maximum Gasteiger partial charge on any atom is 0.303 e. The van der Waals surface area contributed by atoms with Crippen LogP contribution in [0.5, 0.6) is 0 Å². The van der Waals surface area contributed by atoms with Gasteiger partial charge in [0, 0.05) is 30.9 Å². The Morgan fingerprint density at radius 3 is 2.73 bits per heavy atom. The molecule has 166 valence electrons. The highest BCUT2D eigenvalue weighted by Gasteiger charge is 2.72. The van der Waals surface area contributed by atoms with Gasteiger partial charge in [-0.25, -0.2) is 0 Å². The fraction of sp³-hybridized carbons (Fsp3) is 0.682. The molecule has 1 aromatic rings. The third-order valence-corrected chi connectivity index (χ3v) is 7.51. The summed E-state index contributed by atoms with van der Waals surface area (Å²) in [6.45, 7) is 2.75. The largest absolute Gasteiger partial charge is 0.472 e. The number of allylic oxidation sites excluding steroid dienone is 1. The van der Waals surface area contributed by atoms with E-state index >= 15 is 0 Å².